The van der Waals surface area contributed by atoms with E-state index in [-0.39, 0.29) is 6.04 Å². The summed E-state index contributed by atoms with van der Waals surface area (Å²) in [6, 6.07) is 12.9. The van der Waals surface area contributed by atoms with Crippen molar-refractivity contribution in [1.29, 1.82) is 0 Å². The molecule has 0 heterocycles. The molecule has 2 rings (SSSR count). The highest BCUT2D eigenvalue weighted by Crippen LogP contribution is 2.28. The molecule has 0 spiro atoms. The van der Waals surface area contributed by atoms with Gasteiger partial charge in [-0.2, -0.15) is 0 Å². The van der Waals surface area contributed by atoms with Crippen LogP contribution in [0.1, 0.15) is 28.3 Å². The summed E-state index contributed by atoms with van der Waals surface area (Å²) in [5, 5.41) is 4.24. The van der Waals surface area contributed by atoms with Gasteiger partial charge in [0.15, 0.2) is 0 Å². The number of hydrogen-bond acceptors (Lipinski definition) is 1. The van der Waals surface area contributed by atoms with Crippen molar-refractivity contribution in [2.75, 3.05) is 7.05 Å². The van der Waals surface area contributed by atoms with Gasteiger partial charge in [-0.25, -0.2) is 0 Å². The van der Waals surface area contributed by atoms with E-state index in [0.717, 1.165) is 15.9 Å². The molecule has 1 N–H and O–H groups in total. The maximum absolute atomic E-state index is 6.35. The summed E-state index contributed by atoms with van der Waals surface area (Å²) >= 11 is 9.90. The zero-order valence-electron chi connectivity index (χ0n) is 12.0. The highest BCUT2D eigenvalue weighted by atomic mass is 79.9. The molecule has 2 aromatic carbocycles. The summed E-state index contributed by atoms with van der Waals surface area (Å²) < 4.78 is 1.10. The molecular weight excluding hydrogens is 334 g/mol. The fraction of sp³-hybridized carbons (Fsp3) is 0.294. The monoisotopic (exact) mass is 351 g/mol. The third kappa shape index (κ3) is 3.63. The predicted molar refractivity (Wildman–Crippen MR) is 90.6 cm³/mol. The van der Waals surface area contributed by atoms with Crippen LogP contribution >= 0.6 is 27.5 Å². The van der Waals surface area contributed by atoms with Crippen molar-refractivity contribution in [1.82, 2.24) is 5.32 Å². The Kier molecular flexibility index (Phi) is 5.25. The fourth-order valence-electron chi connectivity index (χ4n) is 2.39. The minimum Gasteiger partial charge on any atom is -0.313 e. The average molecular weight is 353 g/mol. The lowest BCUT2D eigenvalue weighted by Crippen LogP contribution is -2.20. The molecule has 0 radical (unpaired) electrons. The molecule has 0 aromatic heterocycles. The zero-order chi connectivity index (χ0) is 14.7. The van der Waals surface area contributed by atoms with Gasteiger partial charge in [0.1, 0.15) is 0 Å². The Labute approximate surface area is 134 Å². The van der Waals surface area contributed by atoms with Crippen LogP contribution in [0.2, 0.25) is 5.02 Å². The van der Waals surface area contributed by atoms with Crippen LogP contribution in [0.5, 0.6) is 0 Å². The SMILES string of the molecule is CNC(Cc1ccc(C)cc1Cl)c1cc(Br)ccc1C. The van der Waals surface area contributed by atoms with Gasteiger partial charge in [0.05, 0.1) is 0 Å². The normalized spacial score (nSPS) is 12.4. The van der Waals surface area contributed by atoms with Crippen molar-refractivity contribution in [3.63, 3.8) is 0 Å². The number of nitrogens with one attached hydrogen (secondary N) is 1. The Morgan fingerprint density at radius 1 is 1.15 bits per heavy atom. The third-order valence-electron chi connectivity index (χ3n) is 3.60. The van der Waals surface area contributed by atoms with Crippen LogP contribution in [0.4, 0.5) is 0 Å². The van der Waals surface area contributed by atoms with Crippen LogP contribution in [0.3, 0.4) is 0 Å². The van der Waals surface area contributed by atoms with Gasteiger partial charge in [-0.3, -0.25) is 0 Å². The number of likely N-dealkylation sites (N-methyl/N-ethyl adjacent to an activating group) is 1. The second-order valence-corrected chi connectivity index (χ2v) is 6.46. The van der Waals surface area contributed by atoms with Gasteiger partial charge in [-0.15, -0.1) is 0 Å². The van der Waals surface area contributed by atoms with Gasteiger partial charge in [0.25, 0.3) is 0 Å². The molecule has 3 heteroatoms. The molecule has 20 heavy (non-hydrogen) atoms. The van der Waals surface area contributed by atoms with Gasteiger partial charge in [-0.05, 0) is 67.8 Å². The molecule has 0 aliphatic carbocycles. The summed E-state index contributed by atoms with van der Waals surface area (Å²) in [4.78, 5) is 0. The lowest BCUT2D eigenvalue weighted by atomic mass is 9.95. The number of benzene rings is 2. The van der Waals surface area contributed by atoms with Crippen LogP contribution in [0.15, 0.2) is 40.9 Å². The minimum atomic E-state index is 0.257. The topological polar surface area (TPSA) is 12.0 Å². The predicted octanol–water partition coefficient (Wildman–Crippen LogP) is 5.22. The van der Waals surface area contributed by atoms with E-state index >= 15 is 0 Å². The van der Waals surface area contributed by atoms with Crippen LogP contribution in [0.25, 0.3) is 0 Å². The first-order chi connectivity index (χ1) is 9.51. The molecule has 1 atom stereocenters. The molecule has 0 fully saturated rings. The molecular formula is C17H19BrClN. The summed E-state index contributed by atoms with van der Waals surface area (Å²) in [7, 11) is 1.99. The molecule has 0 aliphatic rings. The van der Waals surface area contributed by atoms with E-state index in [9.17, 15) is 0 Å². The molecule has 0 bridgehead atoms. The number of hydrogen-bond donors (Lipinski definition) is 1. The van der Waals surface area contributed by atoms with E-state index in [1.54, 1.807) is 0 Å². The molecule has 106 valence electrons. The Balaban J connectivity index is 2.31. The molecule has 1 unspecified atom stereocenters. The van der Waals surface area contributed by atoms with Crippen molar-refractivity contribution in [2.45, 2.75) is 26.3 Å². The number of aryl methyl sites for hydroxylation is 2. The quantitative estimate of drug-likeness (QED) is 0.795. The second-order valence-electron chi connectivity index (χ2n) is 5.14. The van der Waals surface area contributed by atoms with Crippen LogP contribution < -0.4 is 5.32 Å². The molecule has 1 nitrogen and oxygen atoms in total. The first kappa shape index (κ1) is 15.6. The van der Waals surface area contributed by atoms with Gasteiger partial charge >= 0.3 is 0 Å². The summed E-state index contributed by atoms with van der Waals surface area (Å²) in [6.45, 7) is 4.20. The van der Waals surface area contributed by atoms with Crippen molar-refractivity contribution in [3.05, 3.63) is 68.1 Å². The van der Waals surface area contributed by atoms with Crippen molar-refractivity contribution >= 4 is 27.5 Å². The molecule has 0 saturated carbocycles. The lowest BCUT2D eigenvalue weighted by molar-refractivity contribution is 0.588. The van der Waals surface area contributed by atoms with Crippen molar-refractivity contribution < 1.29 is 0 Å². The summed E-state index contributed by atoms with van der Waals surface area (Å²) in [6.07, 6.45) is 0.882. The maximum atomic E-state index is 6.35. The Morgan fingerprint density at radius 2 is 1.90 bits per heavy atom. The number of rotatable bonds is 4. The Hall–Kier alpha value is -0.830. The minimum absolute atomic E-state index is 0.257. The highest BCUT2D eigenvalue weighted by molar-refractivity contribution is 9.10. The summed E-state index contributed by atoms with van der Waals surface area (Å²) in [5.41, 5.74) is 4.96. The molecule has 2 aromatic rings. The van der Waals surface area contributed by atoms with Gasteiger partial charge in [0.2, 0.25) is 0 Å². The second kappa shape index (κ2) is 6.75. The smallest absolute Gasteiger partial charge is 0.0441 e. The van der Waals surface area contributed by atoms with Crippen LogP contribution in [0, 0.1) is 13.8 Å². The maximum Gasteiger partial charge on any atom is 0.0441 e. The first-order valence-electron chi connectivity index (χ1n) is 6.69. The van der Waals surface area contributed by atoms with Crippen LogP contribution in [-0.4, -0.2) is 7.05 Å². The molecule has 0 saturated heterocycles. The number of halogens is 2. The zero-order valence-corrected chi connectivity index (χ0v) is 14.3. The van der Waals surface area contributed by atoms with Crippen molar-refractivity contribution in [3.8, 4) is 0 Å². The van der Waals surface area contributed by atoms with Crippen LogP contribution in [-0.2, 0) is 6.42 Å². The fourth-order valence-corrected chi connectivity index (χ4v) is 3.08. The third-order valence-corrected chi connectivity index (χ3v) is 4.44. The lowest BCUT2D eigenvalue weighted by Gasteiger charge is -2.20. The van der Waals surface area contributed by atoms with E-state index in [2.05, 4.69) is 65.4 Å². The first-order valence-corrected chi connectivity index (χ1v) is 7.86. The van der Waals surface area contributed by atoms with Crippen molar-refractivity contribution in [2.24, 2.45) is 0 Å². The Bertz CT molecular complexity index is 610. The summed E-state index contributed by atoms with van der Waals surface area (Å²) in [5.74, 6) is 0. The highest BCUT2D eigenvalue weighted by Gasteiger charge is 2.14. The van der Waals surface area contributed by atoms with E-state index in [1.807, 2.05) is 13.1 Å². The molecule has 0 amide bonds. The van der Waals surface area contributed by atoms with Gasteiger partial charge in [-0.1, -0.05) is 45.7 Å². The largest absolute Gasteiger partial charge is 0.313 e. The Morgan fingerprint density at radius 3 is 2.55 bits per heavy atom. The standard InChI is InChI=1S/C17H19BrClN/c1-11-4-6-13(16(19)8-11)9-17(20-3)15-10-14(18)7-5-12(15)2/h4-8,10,17,20H,9H2,1-3H3. The van der Waals surface area contributed by atoms with E-state index in [4.69, 9.17) is 11.6 Å². The van der Waals surface area contributed by atoms with Gasteiger partial charge in [0, 0.05) is 15.5 Å². The van der Waals surface area contributed by atoms with E-state index < -0.39 is 0 Å². The van der Waals surface area contributed by atoms with E-state index in [1.165, 1.54) is 22.3 Å². The van der Waals surface area contributed by atoms with Gasteiger partial charge < -0.3 is 5.32 Å². The van der Waals surface area contributed by atoms with E-state index in [0.29, 0.717) is 0 Å². The molecule has 0 aliphatic heterocycles. The average Bonchev–Trinajstić information content (AvgIpc) is 2.41.